The maximum absolute atomic E-state index is 12.7. The topological polar surface area (TPSA) is 191 Å². The Bertz CT molecular complexity index is 878. The summed E-state index contributed by atoms with van der Waals surface area (Å²) in [6.45, 7) is 8.65. The lowest BCUT2D eigenvalue weighted by Gasteiger charge is -2.54. The first-order chi connectivity index (χ1) is 16.9. The molecule has 1 aliphatic rings. The minimum Gasteiger partial charge on any atom is -0.481 e. The van der Waals surface area contributed by atoms with Gasteiger partial charge in [-0.3, -0.25) is 14.4 Å². The molecule has 0 amide bonds. The Morgan fingerprint density at radius 1 is 0.750 bits per heavy atom. The summed E-state index contributed by atoms with van der Waals surface area (Å²) in [5.74, 6) is -9.75. The number of ether oxygens (including phenoxy) is 3. The molecule has 1 rings (SSSR count). The highest BCUT2D eigenvalue weighted by atomic mass is 16.5. The van der Waals surface area contributed by atoms with Crippen molar-refractivity contribution < 1.29 is 58.3 Å². The molecule has 198 valence electrons. The van der Waals surface area contributed by atoms with Crippen molar-refractivity contribution >= 4 is 35.8 Å². The second kappa shape index (κ2) is 13.2. The van der Waals surface area contributed by atoms with Gasteiger partial charge in [-0.15, -0.1) is 0 Å². The van der Waals surface area contributed by atoms with Crippen LogP contribution in [-0.2, 0) is 43.0 Å². The van der Waals surface area contributed by atoms with E-state index in [-0.39, 0.29) is 32.3 Å². The Morgan fingerprint density at radius 2 is 1.17 bits per heavy atom. The zero-order chi connectivity index (χ0) is 27.5. The Hall–Kier alpha value is -3.96. The van der Waals surface area contributed by atoms with Gasteiger partial charge in [0.25, 0.3) is 0 Å². The lowest BCUT2D eigenvalue weighted by atomic mass is 9.46. The lowest BCUT2D eigenvalue weighted by molar-refractivity contribution is -0.198. The minimum atomic E-state index is -2.66. The molecule has 0 heterocycles. The number of hydrogen-bond acceptors (Lipinski definition) is 9. The standard InChI is InChI=1S/C24H30O12/c1-4-17(25)34-10-7-16-13-15(20(28)29)14-24(21(30)31,22(32)33)23(16,8-11-35-18(26)5-2)9-12-36-19(27)6-3/h4-6,15-16H,1-3,7-14H2,(H,28,29)(H,30,31)(H,32,33). The highest BCUT2D eigenvalue weighted by Crippen LogP contribution is 2.61. The Kier molecular flexibility index (Phi) is 11.0. The van der Waals surface area contributed by atoms with Gasteiger partial charge in [-0.1, -0.05) is 19.7 Å². The van der Waals surface area contributed by atoms with Crippen LogP contribution in [0, 0.1) is 22.7 Å². The van der Waals surface area contributed by atoms with Gasteiger partial charge in [-0.05, 0) is 38.0 Å². The second-order valence-electron chi connectivity index (χ2n) is 8.25. The fourth-order valence-electron chi connectivity index (χ4n) is 4.95. The molecule has 12 nitrogen and oxygen atoms in total. The fourth-order valence-corrected chi connectivity index (χ4v) is 4.95. The zero-order valence-corrected chi connectivity index (χ0v) is 19.7. The maximum Gasteiger partial charge on any atom is 0.330 e. The highest BCUT2D eigenvalue weighted by molar-refractivity contribution is 6.00. The molecule has 0 aromatic carbocycles. The van der Waals surface area contributed by atoms with E-state index < -0.39 is 78.1 Å². The van der Waals surface area contributed by atoms with Crippen molar-refractivity contribution in [2.24, 2.45) is 22.7 Å². The number of aliphatic carboxylic acids is 3. The van der Waals surface area contributed by atoms with Crippen LogP contribution in [0.2, 0.25) is 0 Å². The van der Waals surface area contributed by atoms with Gasteiger partial charge in [0, 0.05) is 23.6 Å². The third-order valence-electron chi connectivity index (χ3n) is 6.63. The molecule has 0 saturated heterocycles. The Balaban J connectivity index is 3.68. The third-order valence-corrected chi connectivity index (χ3v) is 6.63. The van der Waals surface area contributed by atoms with Gasteiger partial charge >= 0.3 is 35.8 Å². The normalized spacial score (nSPS) is 19.7. The largest absolute Gasteiger partial charge is 0.481 e. The van der Waals surface area contributed by atoms with Crippen molar-refractivity contribution in [2.45, 2.75) is 32.1 Å². The van der Waals surface area contributed by atoms with E-state index in [1.54, 1.807) is 0 Å². The average molecular weight is 510 g/mol. The molecule has 0 bridgehead atoms. The average Bonchev–Trinajstić information content (AvgIpc) is 2.83. The SMILES string of the molecule is C=CC(=O)OCCC1CC(C(=O)O)CC(C(=O)O)(C(=O)O)C1(CCOC(=O)C=C)CCOC(=O)C=C. The van der Waals surface area contributed by atoms with Crippen LogP contribution in [0.25, 0.3) is 0 Å². The first-order valence-corrected chi connectivity index (χ1v) is 11.0. The minimum absolute atomic E-state index is 0.115. The predicted molar refractivity (Wildman–Crippen MR) is 121 cm³/mol. The molecule has 1 fully saturated rings. The van der Waals surface area contributed by atoms with Crippen LogP contribution in [0.1, 0.15) is 32.1 Å². The van der Waals surface area contributed by atoms with Crippen molar-refractivity contribution in [3.8, 4) is 0 Å². The van der Waals surface area contributed by atoms with Crippen molar-refractivity contribution in [2.75, 3.05) is 19.8 Å². The summed E-state index contributed by atoms with van der Waals surface area (Å²) in [4.78, 5) is 72.0. The first kappa shape index (κ1) is 30.1. The zero-order valence-electron chi connectivity index (χ0n) is 19.7. The molecule has 3 N–H and O–H groups in total. The van der Waals surface area contributed by atoms with Crippen molar-refractivity contribution in [3.63, 3.8) is 0 Å². The molecular weight excluding hydrogens is 480 g/mol. The van der Waals surface area contributed by atoms with E-state index in [2.05, 4.69) is 19.7 Å². The Morgan fingerprint density at radius 3 is 1.53 bits per heavy atom. The van der Waals surface area contributed by atoms with Gasteiger partial charge in [0.05, 0.1) is 25.7 Å². The van der Waals surface area contributed by atoms with E-state index in [1.165, 1.54) is 0 Å². The monoisotopic (exact) mass is 510 g/mol. The third kappa shape index (κ3) is 6.58. The molecule has 0 aromatic rings. The molecule has 1 saturated carbocycles. The van der Waals surface area contributed by atoms with Crippen LogP contribution in [0.4, 0.5) is 0 Å². The van der Waals surface area contributed by atoms with Gasteiger partial charge in [0.15, 0.2) is 5.41 Å². The molecule has 0 spiro atoms. The van der Waals surface area contributed by atoms with Crippen LogP contribution in [0.3, 0.4) is 0 Å². The van der Waals surface area contributed by atoms with Gasteiger partial charge < -0.3 is 29.5 Å². The van der Waals surface area contributed by atoms with Gasteiger partial charge in [0.1, 0.15) is 0 Å². The molecule has 36 heavy (non-hydrogen) atoms. The van der Waals surface area contributed by atoms with Crippen LogP contribution in [-0.4, -0.2) is 71.0 Å². The molecule has 2 atom stereocenters. The molecule has 0 aromatic heterocycles. The maximum atomic E-state index is 12.7. The first-order valence-electron chi connectivity index (χ1n) is 11.0. The molecule has 0 radical (unpaired) electrons. The summed E-state index contributed by atoms with van der Waals surface area (Å²) in [7, 11) is 0. The quantitative estimate of drug-likeness (QED) is 0.125. The van der Waals surface area contributed by atoms with Gasteiger partial charge in [-0.2, -0.15) is 0 Å². The van der Waals surface area contributed by atoms with Crippen LogP contribution >= 0.6 is 0 Å². The summed E-state index contributed by atoms with van der Waals surface area (Å²) >= 11 is 0. The van der Waals surface area contributed by atoms with E-state index in [0.29, 0.717) is 0 Å². The van der Waals surface area contributed by atoms with E-state index in [0.717, 1.165) is 18.2 Å². The smallest absolute Gasteiger partial charge is 0.330 e. The molecule has 1 aliphatic carbocycles. The van der Waals surface area contributed by atoms with E-state index in [4.69, 9.17) is 14.2 Å². The highest BCUT2D eigenvalue weighted by Gasteiger charge is 2.68. The van der Waals surface area contributed by atoms with Crippen molar-refractivity contribution in [1.82, 2.24) is 0 Å². The van der Waals surface area contributed by atoms with Crippen LogP contribution in [0.15, 0.2) is 38.0 Å². The van der Waals surface area contributed by atoms with Gasteiger partial charge in [0.2, 0.25) is 0 Å². The van der Waals surface area contributed by atoms with E-state index >= 15 is 0 Å². The number of hydrogen-bond donors (Lipinski definition) is 3. The lowest BCUT2D eigenvalue weighted by Crippen LogP contribution is -2.62. The summed E-state index contributed by atoms with van der Waals surface area (Å²) in [6, 6.07) is 0. The Labute approximate surface area is 207 Å². The summed E-state index contributed by atoms with van der Waals surface area (Å²) in [5, 5.41) is 30.2. The number of carboxylic acids is 3. The fraction of sp³-hybridized carbons (Fsp3) is 0.500. The van der Waals surface area contributed by atoms with Gasteiger partial charge in [-0.25, -0.2) is 14.4 Å². The number of rotatable bonds is 15. The number of carboxylic acid groups (broad SMARTS) is 3. The molecule has 2 unspecified atom stereocenters. The number of esters is 3. The van der Waals surface area contributed by atoms with E-state index in [1.807, 2.05) is 0 Å². The molecular formula is C24H30O12. The second-order valence-corrected chi connectivity index (χ2v) is 8.25. The molecule has 12 heteroatoms. The van der Waals surface area contributed by atoms with Crippen molar-refractivity contribution in [3.05, 3.63) is 38.0 Å². The predicted octanol–water partition coefficient (Wildman–Crippen LogP) is 1.60. The summed E-state index contributed by atoms with van der Waals surface area (Å²) in [6.07, 6.45) is 0.940. The van der Waals surface area contributed by atoms with Crippen LogP contribution in [0.5, 0.6) is 0 Å². The van der Waals surface area contributed by atoms with Crippen LogP contribution < -0.4 is 0 Å². The summed E-state index contributed by atoms with van der Waals surface area (Å²) < 4.78 is 15.0. The molecule has 0 aliphatic heterocycles. The summed E-state index contributed by atoms with van der Waals surface area (Å²) in [5.41, 5.74) is -4.44. The van der Waals surface area contributed by atoms with E-state index in [9.17, 15) is 44.1 Å². The van der Waals surface area contributed by atoms with Crippen molar-refractivity contribution in [1.29, 1.82) is 0 Å². The number of carbonyl (C=O) groups is 6. The number of carbonyl (C=O) groups excluding carboxylic acids is 3.